The number of sulfonamides is 1. The highest BCUT2D eigenvalue weighted by molar-refractivity contribution is 7.89. The van der Waals surface area contributed by atoms with Gasteiger partial charge in [0, 0.05) is 19.1 Å². The number of rotatable bonds is 3. The zero-order valence-electron chi connectivity index (χ0n) is 14.7. The average molecular weight is 365 g/mol. The van der Waals surface area contributed by atoms with Crippen molar-refractivity contribution in [1.29, 1.82) is 5.26 Å². The first-order valence-electron chi connectivity index (χ1n) is 8.12. The van der Waals surface area contributed by atoms with Gasteiger partial charge in [-0.15, -0.1) is 0 Å². The first kappa shape index (κ1) is 19.2. The highest BCUT2D eigenvalue weighted by Crippen LogP contribution is 2.19. The van der Waals surface area contributed by atoms with Gasteiger partial charge in [0.25, 0.3) is 0 Å². The molecular weight excluding hydrogens is 342 g/mol. The maximum absolute atomic E-state index is 12.5. The van der Waals surface area contributed by atoms with E-state index in [0.29, 0.717) is 25.9 Å². The Balaban J connectivity index is 1.98. The molecule has 0 atom stereocenters. The maximum Gasteiger partial charge on any atom is 0.410 e. The van der Waals surface area contributed by atoms with Crippen molar-refractivity contribution in [1.82, 2.24) is 9.62 Å². The van der Waals surface area contributed by atoms with Crippen molar-refractivity contribution in [3.63, 3.8) is 0 Å². The first-order chi connectivity index (χ1) is 11.6. The van der Waals surface area contributed by atoms with E-state index in [9.17, 15) is 13.2 Å². The van der Waals surface area contributed by atoms with Crippen LogP contribution < -0.4 is 4.72 Å². The van der Waals surface area contributed by atoms with E-state index < -0.39 is 15.6 Å². The Morgan fingerprint density at radius 2 is 1.88 bits per heavy atom. The summed E-state index contributed by atoms with van der Waals surface area (Å²) in [6, 6.07) is 7.70. The molecule has 0 saturated carbocycles. The molecule has 1 amide bonds. The molecule has 1 aromatic rings. The summed E-state index contributed by atoms with van der Waals surface area (Å²) in [4.78, 5) is 13.6. The number of piperidine rings is 1. The van der Waals surface area contributed by atoms with Gasteiger partial charge in [-0.1, -0.05) is 12.1 Å². The molecule has 0 aromatic heterocycles. The molecule has 8 heteroatoms. The average Bonchev–Trinajstić information content (AvgIpc) is 2.53. The number of carbonyl (C=O) groups is 1. The van der Waals surface area contributed by atoms with Crippen molar-refractivity contribution < 1.29 is 17.9 Å². The Bertz CT molecular complexity index is 770. The number of carbonyl (C=O) groups excluding carboxylic acids is 1. The van der Waals surface area contributed by atoms with E-state index in [1.54, 1.807) is 37.8 Å². The third kappa shape index (κ3) is 5.18. The highest BCUT2D eigenvalue weighted by Gasteiger charge is 2.29. The fourth-order valence-electron chi connectivity index (χ4n) is 2.58. The van der Waals surface area contributed by atoms with Crippen molar-refractivity contribution in [3.05, 3.63) is 29.8 Å². The Morgan fingerprint density at radius 1 is 1.28 bits per heavy atom. The van der Waals surface area contributed by atoms with Crippen LogP contribution in [-0.4, -0.2) is 44.1 Å². The largest absolute Gasteiger partial charge is 0.444 e. The molecule has 1 saturated heterocycles. The van der Waals surface area contributed by atoms with E-state index in [2.05, 4.69) is 4.72 Å². The van der Waals surface area contributed by atoms with Crippen LogP contribution in [0.5, 0.6) is 0 Å². The SMILES string of the molecule is CC(C)(C)OC(=O)N1CCC(NS(=O)(=O)c2ccccc2C#N)CC1. The van der Waals surface area contributed by atoms with E-state index in [0.717, 1.165) is 0 Å². The molecule has 0 spiro atoms. The molecule has 1 aliphatic rings. The first-order valence-corrected chi connectivity index (χ1v) is 9.60. The van der Waals surface area contributed by atoms with Crippen LogP contribution in [0.4, 0.5) is 4.79 Å². The Labute approximate surface area is 148 Å². The molecular formula is C17H23N3O4S. The Hall–Kier alpha value is -2.11. The van der Waals surface area contributed by atoms with E-state index in [4.69, 9.17) is 10.00 Å². The molecule has 1 heterocycles. The van der Waals surface area contributed by atoms with Crippen molar-refractivity contribution in [2.24, 2.45) is 0 Å². The highest BCUT2D eigenvalue weighted by atomic mass is 32.2. The number of likely N-dealkylation sites (tertiary alicyclic amines) is 1. The molecule has 2 rings (SSSR count). The molecule has 1 aromatic carbocycles. The number of hydrogen-bond acceptors (Lipinski definition) is 5. The molecule has 1 fully saturated rings. The lowest BCUT2D eigenvalue weighted by atomic mass is 10.1. The minimum Gasteiger partial charge on any atom is -0.444 e. The molecule has 0 aliphatic carbocycles. The second-order valence-electron chi connectivity index (χ2n) is 6.97. The summed E-state index contributed by atoms with van der Waals surface area (Å²) in [6.07, 6.45) is 0.601. The van der Waals surface area contributed by atoms with Crippen LogP contribution in [0.3, 0.4) is 0 Å². The van der Waals surface area contributed by atoms with E-state index in [-0.39, 0.29) is 22.6 Å². The minimum absolute atomic E-state index is 0.0212. The van der Waals surface area contributed by atoms with Crippen LogP contribution in [0.2, 0.25) is 0 Å². The number of benzene rings is 1. The van der Waals surface area contributed by atoms with Gasteiger partial charge < -0.3 is 9.64 Å². The van der Waals surface area contributed by atoms with E-state index >= 15 is 0 Å². The third-order valence-electron chi connectivity index (χ3n) is 3.77. The number of amides is 1. The van der Waals surface area contributed by atoms with E-state index in [1.807, 2.05) is 6.07 Å². The van der Waals surface area contributed by atoms with Crippen molar-refractivity contribution in [2.75, 3.05) is 13.1 Å². The van der Waals surface area contributed by atoms with Gasteiger partial charge in [-0.05, 0) is 45.7 Å². The van der Waals surface area contributed by atoms with Crippen LogP contribution in [0.15, 0.2) is 29.2 Å². The van der Waals surface area contributed by atoms with Gasteiger partial charge in [-0.2, -0.15) is 5.26 Å². The van der Waals surface area contributed by atoms with Crippen LogP contribution in [0.1, 0.15) is 39.2 Å². The number of ether oxygens (including phenoxy) is 1. The molecule has 0 radical (unpaired) electrons. The summed E-state index contributed by atoms with van der Waals surface area (Å²) in [5, 5.41) is 9.08. The van der Waals surface area contributed by atoms with Crippen molar-refractivity contribution in [3.8, 4) is 6.07 Å². The number of nitrogens with zero attached hydrogens (tertiary/aromatic N) is 2. The van der Waals surface area contributed by atoms with Crippen molar-refractivity contribution >= 4 is 16.1 Å². The lowest BCUT2D eigenvalue weighted by Crippen LogP contribution is -2.47. The monoisotopic (exact) mass is 365 g/mol. The predicted octanol–water partition coefficient (Wildman–Crippen LogP) is 2.24. The molecule has 7 nitrogen and oxygen atoms in total. The summed E-state index contributed by atoms with van der Waals surface area (Å²) >= 11 is 0. The quantitative estimate of drug-likeness (QED) is 0.885. The van der Waals surface area contributed by atoms with Gasteiger partial charge in [0.2, 0.25) is 10.0 Å². The van der Waals surface area contributed by atoms with Gasteiger partial charge in [0.1, 0.15) is 11.7 Å². The third-order valence-corrected chi connectivity index (χ3v) is 5.34. The van der Waals surface area contributed by atoms with Crippen LogP contribution >= 0.6 is 0 Å². The van der Waals surface area contributed by atoms with Crippen LogP contribution in [0.25, 0.3) is 0 Å². The van der Waals surface area contributed by atoms with Crippen LogP contribution in [-0.2, 0) is 14.8 Å². The number of hydrogen-bond donors (Lipinski definition) is 1. The lowest BCUT2D eigenvalue weighted by molar-refractivity contribution is 0.0203. The van der Waals surface area contributed by atoms with Gasteiger partial charge in [0.15, 0.2) is 0 Å². The number of nitriles is 1. The summed E-state index contributed by atoms with van der Waals surface area (Å²) in [5.74, 6) is 0. The smallest absolute Gasteiger partial charge is 0.410 e. The molecule has 0 bridgehead atoms. The molecule has 0 unspecified atom stereocenters. The molecule has 136 valence electrons. The molecule has 25 heavy (non-hydrogen) atoms. The zero-order valence-corrected chi connectivity index (χ0v) is 15.5. The van der Waals surface area contributed by atoms with Crippen molar-refractivity contribution in [2.45, 2.75) is 50.2 Å². The topological polar surface area (TPSA) is 99.5 Å². The van der Waals surface area contributed by atoms with Gasteiger partial charge in [-0.3, -0.25) is 0 Å². The van der Waals surface area contributed by atoms with E-state index in [1.165, 1.54) is 12.1 Å². The Morgan fingerprint density at radius 3 is 2.44 bits per heavy atom. The fourth-order valence-corrected chi connectivity index (χ4v) is 4.05. The second-order valence-corrected chi connectivity index (χ2v) is 8.65. The van der Waals surface area contributed by atoms with Gasteiger partial charge in [0.05, 0.1) is 10.5 Å². The van der Waals surface area contributed by atoms with Crippen LogP contribution in [0, 0.1) is 11.3 Å². The second kappa shape index (κ2) is 7.42. The molecule has 1 aliphatic heterocycles. The predicted molar refractivity (Wildman–Crippen MR) is 92.3 cm³/mol. The Kier molecular flexibility index (Phi) is 5.70. The summed E-state index contributed by atoms with van der Waals surface area (Å²) in [6.45, 7) is 6.25. The summed E-state index contributed by atoms with van der Waals surface area (Å²) in [5.41, 5.74) is -0.447. The molecule has 1 N–H and O–H groups in total. The zero-order chi connectivity index (χ0) is 18.7. The lowest BCUT2D eigenvalue weighted by Gasteiger charge is -2.33. The minimum atomic E-state index is -3.78. The summed E-state index contributed by atoms with van der Waals surface area (Å²) in [7, 11) is -3.78. The normalized spacial score (nSPS) is 16.3. The van der Waals surface area contributed by atoms with Gasteiger partial charge in [-0.25, -0.2) is 17.9 Å². The van der Waals surface area contributed by atoms with Gasteiger partial charge >= 0.3 is 6.09 Å². The maximum atomic E-state index is 12.5. The standard InChI is InChI=1S/C17H23N3O4S/c1-17(2,3)24-16(21)20-10-8-14(9-11-20)19-25(22,23)15-7-5-4-6-13(15)12-18/h4-7,14,19H,8-11H2,1-3H3. The summed E-state index contributed by atoms with van der Waals surface area (Å²) < 4.78 is 33.0. The fraction of sp³-hybridized carbons (Fsp3) is 0.529. The number of nitrogens with one attached hydrogen (secondary N) is 1.